The van der Waals surface area contributed by atoms with Gasteiger partial charge in [-0.2, -0.15) is 9.10 Å². The lowest BCUT2D eigenvalue weighted by atomic mass is 9.98. The second-order valence-electron chi connectivity index (χ2n) is 14.9. The van der Waals surface area contributed by atoms with E-state index < -0.39 is 42.6 Å². The van der Waals surface area contributed by atoms with Crippen LogP contribution in [-0.4, -0.2) is 84.7 Å². The van der Waals surface area contributed by atoms with Gasteiger partial charge in [0.25, 0.3) is 0 Å². The van der Waals surface area contributed by atoms with Gasteiger partial charge in [0.2, 0.25) is 21.8 Å². The fourth-order valence-electron chi connectivity index (χ4n) is 6.64. The summed E-state index contributed by atoms with van der Waals surface area (Å²) in [6, 6.07) is 29.0. The molecule has 2 heterocycles. The topological polar surface area (TPSA) is 213 Å². The molecule has 1 unspecified atom stereocenters. The van der Waals surface area contributed by atoms with E-state index in [4.69, 9.17) is 18.9 Å². The summed E-state index contributed by atoms with van der Waals surface area (Å²) in [5, 5.41) is 16.0. The molecule has 62 heavy (non-hydrogen) atoms. The molecule has 0 bridgehead atoms. The number of fused-ring (bicyclic) bond motifs is 1. The number of hydrogen-bond donors (Lipinski definition) is 3. The first-order valence-electron chi connectivity index (χ1n) is 19.1. The zero-order valence-electron chi connectivity index (χ0n) is 34.6. The molecule has 7 rings (SSSR count). The molecule has 0 saturated heterocycles. The third-order valence-corrected chi connectivity index (χ3v) is 12.2. The predicted molar refractivity (Wildman–Crippen MR) is 232 cm³/mol. The molecule has 2 aromatic heterocycles. The minimum atomic E-state index is -4.77. The zero-order valence-corrected chi connectivity index (χ0v) is 36.3. The van der Waals surface area contributed by atoms with Gasteiger partial charge in [-0.3, -0.25) is 5.32 Å². The maximum atomic E-state index is 15.6. The Morgan fingerprint density at radius 3 is 1.90 bits per heavy atom. The highest BCUT2D eigenvalue weighted by molar-refractivity contribution is 7.90. The number of carbonyl (C=O) groups excluding carboxylic acids is 1. The van der Waals surface area contributed by atoms with Crippen LogP contribution >= 0.6 is 0 Å². The number of hydrogen-bond acceptors (Lipinski definition) is 12. The number of nitrogens with zero attached hydrogens (tertiary/aromatic N) is 6. The van der Waals surface area contributed by atoms with Crippen LogP contribution in [0.4, 0.5) is 10.7 Å². The van der Waals surface area contributed by atoms with Gasteiger partial charge >= 0.3 is 6.09 Å². The second-order valence-corrected chi connectivity index (χ2v) is 17.8. The summed E-state index contributed by atoms with van der Waals surface area (Å²) in [7, 11) is -0.141. The maximum Gasteiger partial charge on any atom is 0.414 e. The highest BCUT2D eigenvalue weighted by atomic mass is 32.2. The van der Waals surface area contributed by atoms with Crippen molar-refractivity contribution in [2.24, 2.45) is 0 Å². The molecule has 1 amide bonds. The van der Waals surface area contributed by atoms with Crippen molar-refractivity contribution in [3.8, 4) is 39.8 Å². The van der Waals surface area contributed by atoms with E-state index in [0.717, 1.165) is 5.56 Å². The number of amides is 1. The Morgan fingerprint density at radius 1 is 0.806 bits per heavy atom. The van der Waals surface area contributed by atoms with Gasteiger partial charge in [0.1, 0.15) is 27.7 Å². The highest BCUT2D eigenvalue weighted by Gasteiger charge is 2.36. The highest BCUT2D eigenvalue weighted by Crippen LogP contribution is 2.42. The van der Waals surface area contributed by atoms with Gasteiger partial charge < -0.3 is 28.5 Å². The van der Waals surface area contributed by atoms with Crippen LogP contribution in [0, 0.1) is 0 Å². The Bertz CT molecular complexity index is 2790. The molecule has 5 aromatic carbocycles. The lowest BCUT2D eigenvalue weighted by Gasteiger charge is -2.25. The number of H-pyrrole nitrogens is 1. The number of benzene rings is 5. The molecule has 0 aliphatic heterocycles. The van der Waals surface area contributed by atoms with Crippen LogP contribution in [0.2, 0.25) is 0 Å². The van der Waals surface area contributed by atoms with Crippen molar-refractivity contribution in [1.29, 1.82) is 0 Å². The molecule has 3 N–H and O–H groups in total. The fraction of sp³-hybridized carbons (Fsp3) is 0.233. The molecular formula is C43H44N8O9S2. The summed E-state index contributed by atoms with van der Waals surface area (Å²) >= 11 is -2.84. The molecule has 7 aromatic rings. The van der Waals surface area contributed by atoms with Crippen LogP contribution in [0.15, 0.2) is 113 Å². The number of rotatable bonds is 15. The van der Waals surface area contributed by atoms with Gasteiger partial charge in [-0.15, -0.1) is 10.2 Å². The number of nitrogens with one attached hydrogen (secondary N) is 2. The maximum absolute atomic E-state index is 15.6. The molecule has 0 fully saturated rings. The number of sulfonamides is 1. The summed E-state index contributed by atoms with van der Waals surface area (Å²) in [6.07, 6.45) is -0.742. The molecule has 19 heteroatoms. The van der Waals surface area contributed by atoms with Gasteiger partial charge in [-0.05, 0) is 96.8 Å². The van der Waals surface area contributed by atoms with Crippen LogP contribution in [0.5, 0.6) is 17.2 Å². The Balaban J connectivity index is 1.44. The quantitative estimate of drug-likeness (QED) is 0.0866. The van der Waals surface area contributed by atoms with E-state index in [-0.39, 0.29) is 42.5 Å². The number of methoxy groups -OCH3 is 3. The summed E-state index contributed by atoms with van der Waals surface area (Å²) in [5.74, 6) is 1.73. The first-order valence-corrected chi connectivity index (χ1v) is 21.6. The van der Waals surface area contributed by atoms with Crippen LogP contribution in [0.1, 0.15) is 37.5 Å². The van der Waals surface area contributed by atoms with E-state index >= 15 is 8.42 Å². The zero-order chi connectivity index (χ0) is 44.2. The minimum absolute atomic E-state index is 0.0675. The number of carbonyl (C=O) groups is 1. The van der Waals surface area contributed by atoms with E-state index in [0.29, 0.717) is 45.0 Å². The van der Waals surface area contributed by atoms with Crippen molar-refractivity contribution in [1.82, 2.24) is 34.5 Å². The number of para-hydroxylation sites is 1. The van der Waals surface area contributed by atoms with Gasteiger partial charge in [-0.1, -0.05) is 54.6 Å². The average Bonchev–Trinajstić information content (AvgIpc) is 3.89. The minimum Gasteiger partial charge on any atom is -0.497 e. The van der Waals surface area contributed by atoms with Crippen molar-refractivity contribution < 1.29 is 40.9 Å². The van der Waals surface area contributed by atoms with Gasteiger partial charge in [0.05, 0.1) is 49.4 Å². The van der Waals surface area contributed by atoms with Gasteiger partial charge in [-0.25, -0.2) is 22.4 Å². The number of anilines is 1. The lowest BCUT2D eigenvalue weighted by molar-refractivity contribution is 0.0634. The average molecular weight is 881 g/mol. The Labute approximate surface area is 360 Å². The molecule has 1 atom stereocenters. The van der Waals surface area contributed by atoms with Crippen LogP contribution < -0.4 is 19.5 Å². The smallest absolute Gasteiger partial charge is 0.414 e. The Morgan fingerprint density at radius 2 is 1.37 bits per heavy atom. The van der Waals surface area contributed by atoms with E-state index in [1.54, 1.807) is 107 Å². The van der Waals surface area contributed by atoms with Crippen LogP contribution in [0.3, 0.4) is 0 Å². The molecule has 0 aliphatic carbocycles. The predicted octanol–water partition coefficient (Wildman–Crippen LogP) is 7.28. The normalized spacial score (nSPS) is 12.3. The SMILES string of the molecule is COc1ccc(CN(Cc2ccc(OC)cc2)S(=O)(=O)c2c(S(=O)O)ccc(-c3cccc4[nH]c(NC(=O)OC(C)(C)C)nc34)c2-c2nnn(Cc3ccc(OC)cc3)n2)cc1. The van der Waals surface area contributed by atoms with Crippen molar-refractivity contribution in [2.75, 3.05) is 26.6 Å². The Hall–Kier alpha value is -6.67. The van der Waals surface area contributed by atoms with Gasteiger partial charge in [0.15, 0.2) is 11.1 Å². The fourth-order valence-corrected chi connectivity index (χ4v) is 9.29. The Kier molecular flexibility index (Phi) is 12.7. The van der Waals surface area contributed by atoms with Crippen molar-refractivity contribution in [3.63, 3.8) is 0 Å². The molecule has 0 aliphatic rings. The lowest BCUT2D eigenvalue weighted by Crippen LogP contribution is -2.31. The first kappa shape index (κ1) is 43.4. The van der Waals surface area contributed by atoms with Crippen LogP contribution in [0.25, 0.3) is 33.5 Å². The van der Waals surface area contributed by atoms with E-state index in [2.05, 4.69) is 30.7 Å². The monoisotopic (exact) mass is 880 g/mol. The summed E-state index contributed by atoms with van der Waals surface area (Å²) in [5.41, 5.74) is 2.60. The second kappa shape index (κ2) is 18.1. The number of tetrazole rings is 1. The standard InChI is InChI=1S/C43H44N8O9S2/c1-43(2,3)60-42(52)46-41-44-35-9-7-8-34(38(35)45-41)33-22-23-36(61(53)54)39(37(33)40-47-49-51(48-40)26-29-14-20-32(59-6)21-15-29)62(55,56)50(24-27-10-16-30(57-4)17-11-27)25-28-12-18-31(58-5)19-13-28/h7-23H,24-26H2,1-6H3,(H,53,54)(H2,44,45,46,52). The first-order chi connectivity index (χ1) is 29.6. The number of aromatic amines is 1. The van der Waals surface area contributed by atoms with E-state index in [9.17, 15) is 13.6 Å². The molecule has 0 radical (unpaired) electrons. The molecule has 17 nitrogen and oxygen atoms in total. The number of imidazole rings is 1. The summed E-state index contributed by atoms with van der Waals surface area (Å²) in [4.78, 5) is 20.9. The third-order valence-electron chi connectivity index (χ3n) is 9.53. The van der Waals surface area contributed by atoms with Crippen LogP contribution in [-0.2, 0) is 45.5 Å². The summed E-state index contributed by atoms with van der Waals surface area (Å²) in [6.45, 7) is 5.05. The van der Waals surface area contributed by atoms with E-state index in [1.807, 2.05) is 12.1 Å². The molecule has 322 valence electrons. The number of aromatic nitrogens is 6. The number of ether oxygens (including phenoxy) is 4. The van der Waals surface area contributed by atoms with Crippen molar-refractivity contribution in [3.05, 3.63) is 120 Å². The van der Waals surface area contributed by atoms with Crippen molar-refractivity contribution in [2.45, 2.75) is 55.8 Å². The molecule has 0 saturated carbocycles. The molecular weight excluding hydrogens is 837 g/mol. The van der Waals surface area contributed by atoms with Crippen molar-refractivity contribution >= 4 is 44.2 Å². The third kappa shape index (κ3) is 9.76. The van der Waals surface area contributed by atoms with Gasteiger partial charge in [0, 0.05) is 18.7 Å². The van der Waals surface area contributed by atoms with E-state index in [1.165, 1.54) is 35.5 Å². The summed E-state index contributed by atoms with van der Waals surface area (Å²) < 4.78 is 78.1. The largest absolute Gasteiger partial charge is 0.497 e. The molecule has 0 spiro atoms.